The van der Waals surface area contributed by atoms with Crippen LogP contribution < -0.4 is 177 Å². The molecule has 0 spiro atoms. The maximum absolute atomic E-state index is 10.4. The molecule has 0 aliphatic carbocycles. The fraction of sp³-hybridized carbons (Fsp3) is 1.00. The molecule has 0 aromatic rings. The minimum absolute atomic E-state index is 0. The molecule has 1 N–H and O–H groups in total. The molecule has 118 heavy (non-hydrogen) atoms. The maximum atomic E-state index is 10.4. The number of hydrogen-bond acceptors (Lipinski definition) is 20. The van der Waals surface area contributed by atoms with Crippen molar-refractivity contribution >= 4 is 70.8 Å². The summed E-state index contributed by atoms with van der Waals surface area (Å²) in [6.07, 6.45) is 80.3. The number of rotatable bonds is 77. The third-order valence-electron chi connectivity index (χ3n) is 19.2. The second kappa shape index (κ2) is 117. The molecule has 0 atom stereocenters. The molecule has 0 aromatic heterocycles. The van der Waals surface area contributed by atoms with Crippen LogP contribution in [0.2, 0.25) is 0 Å². The van der Waals surface area contributed by atoms with Crippen LogP contribution in [0.1, 0.15) is 498 Å². The van der Waals surface area contributed by atoms with E-state index in [1.54, 1.807) is 0 Å². The standard InChI is InChI=1S/7C12H26O3S.6Na/c7*1-2-3-4-5-6-7-8-9-10-11-12-16(13,14)15;;;;;;/h7*2-12H2,1H3,(H,13,14,15);;;;;;/q;;;;;;;6*+1/p-6. The molecule has 21 nitrogen and oxygen atoms in total. The van der Waals surface area contributed by atoms with E-state index in [2.05, 4.69) is 48.5 Å². The van der Waals surface area contributed by atoms with Crippen molar-refractivity contribution < 1.29 is 268 Å². The average molecular weight is 1880 g/mol. The van der Waals surface area contributed by atoms with Gasteiger partial charge in [0.25, 0.3) is 10.1 Å². The molecule has 0 aliphatic heterocycles. The van der Waals surface area contributed by atoms with Crippen molar-refractivity contribution in [2.24, 2.45) is 0 Å². The zero-order valence-electron chi connectivity index (χ0n) is 78.9. The average Bonchev–Trinajstić information content (AvgIpc) is 1.03. The fourth-order valence-corrected chi connectivity index (χ4v) is 16.3. The van der Waals surface area contributed by atoms with Crippen LogP contribution in [0.25, 0.3) is 0 Å². The Morgan fingerprint density at radius 3 is 0.271 bits per heavy atom. The molecule has 0 aliphatic rings. The number of unbranched alkanes of at least 4 members (excludes halogenated alkanes) is 63. The monoisotopic (exact) mass is 1880 g/mol. The van der Waals surface area contributed by atoms with Gasteiger partial charge >= 0.3 is 177 Å². The van der Waals surface area contributed by atoms with Crippen LogP contribution in [0, 0.1) is 0 Å². The van der Waals surface area contributed by atoms with Crippen molar-refractivity contribution in [3.05, 3.63) is 0 Å². The predicted octanol–water partition coefficient (Wildman–Crippen LogP) is 6.53. The summed E-state index contributed by atoms with van der Waals surface area (Å²) in [7, 11) is -27.6. The Balaban J connectivity index is -0.0000000983. The van der Waals surface area contributed by atoms with Gasteiger partial charge < -0.3 is 27.3 Å². The summed E-state index contributed by atoms with van der Waals surface area (Å²) >= 11 is 0. The summed E-state index contributed by atoms with van der Waals surface area (Å²) in [5, 5.41) is 0. The van der Waals surface area contributed by atoms with Gasteiger partial charge in [0.15, 0.2) is 0 Å². The minimum Gasteiger partial charge on any atom is -0.748 e. The summed E-state index contributed by atoms with van der Waals surface area (Å²) in [6.45, 7) is 15.5. The van der Waals surface area contributed by atoms with Crippen molar-refractivity contribution in [3.8, 4) is 0 Å². The van der Waals surface area contributed by atoms with Crippen LogP contribution in [-0.2, 0) is 70.8 Å². The van der Waals surface area contributed by atoms with E-state index in [4.69, 9.17) is 4.55 Å². The van der Waals surface area contributed by atoms with Gasteiger partial charge in [0.2, 0.25) is 0 Å². The van der Waals surface area contributed by atoms with Crippen LogP contribution in [0.5, 0.6) is 0 Å². The van der Waals surface area contributed by atoms with Crippen molar-refractivity contribution in [2.75, 3.05) is 40.3 Å². The molecule has 0 radical (unpaired) electrons. The summed E-state index contributed by atoms with van der Waals surface area (Å²) in [4.78, 5) is 0. The molecule has 0 unspecified atom stereocenters. The first-order chi connectivity index (χ1) is 52.9. The molecule has 0 heterocycles. The van der Waals surface area contributed by atoms with Crippen LogP contribution in [0.4, 0.5) is 0 Å². The molecule has 0 rings (SSSR count). The van der Waals surface area contributed by atoms with Crippen molar-refractivity contribution in [3.63, 3.8) is 0 Å². The third kappa shape index (κ3) is 189. The largest absolute Gasteiger partial charge is 1.00 e. The second-order valence-corrected chi connectivity index (χ2v) is 41.8. The van der Waals surface area contributed by atoms with Gasteiger partial charge in [0.05, 0.1) is 66.5 Å². The van der Waals surface area contributed by atoms with Gasteiger partial charge in [-0.15, -0.1) is 0 Å². The maximum Gasteiger partial charge on any atom is 1.00 e. The quantitative estimate of drug-likeness (QED) is 0.0384. The van der Waals surface area contributed by atoms with E-state index in [0.717, 1.165) is 89.9 Å². The SMILES string of the molecule is CCCCCCCCCCCCS(=O)(=O)O.CCCCCCCCCCCCS(=O)(=O)[O-].CCCCCCCCCCCCS(=O)(=O)[O-].CCCCCCCCCCCCS(=O)(=O)[O-].CCCCCCCCCCCCS(=O)(=O)[O-].CCCCCCCCCCCCS(=O)(=O)[O-].CCCCCCCCCCCCS(=O)(=O)[O-].[Na+].[Na+].[Na+].[Na+].[Na+].[Na+]. The van der Waals surface area contributed by atoms with Crippen LogP contribution in [0.15, 0.2) is 0 Å². The third-order valence-corrected chi connectivity index (χ3v) is 24.8. The molecule has 0 fully saturated rings. The van der Waals surface area contributed by atoms with Crippen LogP contribution >= 0.6 is 0 Å². The summed E-state index contributed by atoms with van der Waals surface area (Å²) < 4.78 is 215. The molecule has 0 aromatic carbocycles. The minimum atomic E-state index is -3.98. The Morgan fingerprint density at radius 2 is 0.203 bits per heavy atom. The molecular weight excluding hydrogens is 1710 g/mol. The van der Waals surface area contributed by atoms with E-state index in [-0.39, 0.29) is 218 Å². The zero-order valence-corrected chi connectivity index (χ0v) is 96.6. The van der Waals surface area contributed by atoms with Gasteiger partial charge in [0, 0.05) is 34.5 Å². The first-order valence-electron chi connectivity index (χ1n) is 45.5. The van der Waals surface area contributed by atoms with Crippen LogP contribution in [0.3, 0.4) is 0 Å². The van der Waals surface area contributed by atoms with E-state index in [9.17, 15) is 86.2 Å². The van der Waals surface area contributed by atoms with E-state index >= 15 is 0 Å². The normalized spacial score (nSPS) is 11.3. The first-order valence-corrected chi connectivity index (χ1v) is 56.6. The fourth-order valence-electron chi connectivity index (χ4n) is 12.4. The van der Waals surface area contributed by atoms with Gasteiger partial charge in [-0.2, -0.15) is 8.42 Å². The Kier molecular flexibility index (Phi) is 150. The van der Waals surface area contributed by atoms with E-state index in [1.165, 1.54) is 315 Å². The number of hydrogen-bond donors (Lipinski definition) is 1. The van der Waals surface area contributed by atoms with Gasteiger partial charge in [-0.25, -0.2) is 50.5 Å². The van der Waals surface area contributed by atoms with Crippen molar-refractivity contribution in [1.29, 1.82) is 0 Å². The van der Waals surface area contributed by atoms with E-state index < -0.39 is 70.8 Å². The Bertz CT molecular complexity index is 2190. The Labute approximate surface area is 865 Å². The molecule has 0 saturated carbocycles. The zero-order chi connectivity index (χ0) is 85.9. The predicted molar refractivity (Wildman–Crippen MR) is 467 cm³/mol. The smallest absolute Gasteiger partial charge is 0.748 e. The van der Waals surface area contributed by atoms with Gasteiger partial charge in [0.1, 0.15) is 0 Å². The molecule has 34 heteroatoms. The summed E-state index contributed by atoms with van der Waals surface area (Å²) in [6, 6.07) is 0. The molecule has 0 bridgehead atoms. The van der Waals surface area contributed by atoms with Crippen LogP contribution in [-0.4, -0.2) is 131 Å². The molecular formula is C84H176Na6O21S7. The Hall–Kier alpha value is 5.37. The van der Waals surface area contributed by atoms with Crippen molar-refractivity contribution in [1.82, 2.24) is 0 Å². The van der Waals surface area contributed by atoms with Crippen molar-refractivity contribution in [2.45, 2.75) is 498 Å². The molecule has 0 saturated heterocycles. The molecule has 686 valence electrons. The topological polar surface area (TPSA) is 398 Å². The van der Waals surface area contributed by atoms with Gasteiger partial charge in [-0.05, 0) is 44.9 Å². The van der Waals surface area contributed by atoms with Gasteiger partial charge in [-0.1, -0.05) is 453 Å². The van der Waals surface area contributed by atoms with E-state index in [0.29, 0.717) is 44.9 Å². The first kappa shape index (κ1) is 152. The van der Waals surface area contributed by atoms with E-state index in [1.807, 2.05) is 0 Å². The molecule has 0 amide bonds. The Morgan fingerprint density at radius 1 is 0.136 bits per heavy atom. The summed E-state index contributed by atoms with van der Waals surface area (Å²) in [5.41, 5.74) is 0. The summed E-state index contributed by atoms with van der Waals surface area (Å²) in [5.74, 6) is -1.23. The second-order valence-electron chi connectivity index (χ2n) is 31.1. The van der Waals surface area contributed by atoms with Gasteiger partial charge in [-0.3, -0.25) is 4.55 Å².